The molecule has 0 amide bonds. The summed E-state index contributed by atoms with van der Waals surface area (Å²) in [6.45, 7) is 0.963. The topological polar surface area (TPSA) is 46.5 Å². The van der Waals surface area contributed by atoms with Gasteiger partial charge in [0.15, 0.2) is 0 Å². The highest BCUT2D eigenvalue weighted by Crippen LogP contribution is 1.88. The predicted octanol–water partition coefficient (Wildman–Crippen LogP) is -2.61. The van der Waals surface area contributed by atoms with E-state index in [9.17, 15) is 4.79 Å². The number of nitrogens with zero attached hydrogens (tertiary/aromatic N) is 1. The van der Waals surface area contributed by atoms with Gasteiger partial charge in [0, 0.05) is 0 Å². The van der Waals surface area contributed by atoms with Crippen molar-refractivity contribution in [3.05, 3.63) is 0 Å². The summed E-state index contributed by atoms with van der Waals surface area (Å²) in [5, 5.41) is 8.08. The van der Waals surface area contributed by atoms with Gasteiger partial charge in [0.05, 0.1) is 21.1 Å². The van der Waals surface area contributed by atoms with Crippen molar-refractivity contribution >= 4 is 6.16 Å². The normalized spacial score (nSPS) is 10.1. The number of carbonyl (C=O) groups is 1. The number of rotatable bonds is 3. The molecule has 0 aromatic heterocycles. The highest BCUT2D eigenvalue weighted by atomic mass is 127. The number of carboxylic acid groups (broad SMARTS) is 1. The SMILES string of the molecule is C[N+](C)(C)CCOC(=O)O.[I-]. The average molecular weight is 275 g/mol. The number of halogens is 1. The third kappa shape index (κ3) is 13.0. The first-order valence-corrected chi connectivity index (χ1v) is 3.08. The molecule has 0 unspecified atom stereocenters. The summed E-state index contributed by atoms with van der Waals surface area (Å²) < 4.78 is 5.03. The number of quaternary nitrogens is 1. The minimum atomic E-state index is -1.20. The van der Waals surface area contributed by atoms with Crippen LogP contribution in [0.25, 0.3) is 0 Å². The van der Waals surface area contributed by atoms with Gasteiger partial charge < -0.3 is 38.3 Å². The maximum Gasteiger partial charge on any atom is 0.505 e. The van der Waals surface area contributed by atoms with E-state index in [4.69, 9.17) is 5.11 Å². The molecule has 0 aromatic rings. The van der Waals surface area contributed by atoms with Crippen LogP contribution in [0.1, 0.15) is 0 Å². The van der Waals surface area contributed by atoms with Gasteiger partial charge in [0.2, 0.25) is 0 Å². The molecule has 0 aromatic carbocycles. The lowest BCUT2D eigenvalue weighted by Gasteiger charge is -2.22. The first kappa shape index (κ1) is 13.5. The van der Waals surface area contributed by atoms with Crippen LogP contribution >= 0.6 is 0 Å². The summed E-state index contributed by atoms with van der Waals surface area (Å²) in [6, 6.07) is 0. The zero-order chi connectivity index (χ0) is 8.20. The molecule has 1 N–H and O–H groups in total. The van der Waals surface area contributed by atoms with E-state index < -0.39 is 6.16 Å². The second-order valence-corrected chi connectivity index (χ2v) is 3.13. The predicted molar refractivity (Wildman–Crippen MR) is 36.9 cm³/mol. The van der Waals surface area contributed by atoms with Gasteiger partial charge >= 0.3 is 6.16 Å². The molecule has 4 nitrogen and oxygen atoms in total. The van der Waals surface area contributed by atoms with E-state index in [-0.39, 0.29) is 30.6 Å². The van der Waals surface area contributed by atoms with Crippen molar-refractivity contribution in [3.63, 3.8) is 0 Å². The van der Waals surface area contributed by atoms with Crippen molar-refractivity contribution in [3.8, 4) is 0 Å². The molecule has 0 aliphatic rings. The molecule has 0 bridgehead atoms. The minimum absolute atomic E-state index is 0. The molecule has 0 atom stereocenters. The molecule has 0 radical (unpaired) electrons. The Labute approximate surface area is 83.7 Å². The molecule has 11 heavy (non-hydrogen) atoms. The van der Waals surface area contributed by atoms with Crippen molar-refractivity contribution < 1.29 is 43.1 Å². The summed E-state index contributed by atoms with van der Waals surface area (Å²) in [7, 11) is 5.93. The highest BCUT2D eigenvalue weighted by Gasteiger charge is 2.07. The monoisotopic (exact) mass is 275 g/mol. The van der Waals surface area contributed by atoms with Gasteiger partial charge in [0.1, 0.15) is 13.2 Å². The number of ether oxygens (including phenoxy) is 1. The van der Waals surface area contributed by atoms with Crippen molar-refractivity contribution in [2.45, 2.75) is 0 Å². The summed E-state index contributed by atoms with van der Waals surface area (Å²) >= 11 is 0. The number of hydrogen-bond donors (Lipinski definition) is 1. The van der Waals surface area contributed by atoms with E-state index in [1.807, 2.05) is 21.1 Å². The maximum absolute atomic E-state index is 9.86. The van der Waals surface area contributed by atoms with E-state index in [0.29, 0.717) is 11.0 Å². The molecule has 0 aliphatic carbocycles. The molecule has 0 saturated carbocycles. The Kier molecular flexibility index (Phi) is 6.88. The van der Waals surface area contributed by atoms with Crippen LogP contribution in [-0.4, -0.2) is 50.0 Å². The van der Waals surface area contributed by atoms with Gasteiger partial charge in [-0.2, -0.15) is 0 Å². The van der Waals surface area contributed by atoms with Crippen molar-refractivity contribution in [1.29, 1.82) is 0 Å². The van der Waals surface area contributed by atoms with Gasteiger partial charge in [-0.25, -0.2) is 4.79 Å². The molecule has 0 rings (SSSR count). The van der Waals surface area contributed by atoms with Crippen molar-refractivity contribution in [2.75, 3.05) is 34.3 Å². The van der Waals surface area contributed by atoms with Gasteiger partial charge in [-0.05, 0) is 0 Å². The van der Waals surface area contributed by atoms with Crippen LogP contribution in [0, 0.1) is 0 Å². The second-order valence-electron chi connectivity index (χ2n) is 3.13. The Morgan fingerprint density at radius 2 is 1.91 bits per heavy atom. The Hall–Kier alpha value is -0.0400. The number of likely N-dealkylation sites (N-methyl/N-ethyl adjacent to an activating group) is 1. The zero-order valence-corrected chi connectivity index (χ0v) is 9.16. The van der Waals surface area contributed by atoms with Gasteiger partial charge in [-0.15, -0.1) is 0 Å². The maximum atomic E-state index is 9.86. The lowest BCUT2D eigenvalue weighted by Crippen LogP contribution is -3.00. The van der Waals surface area contributed by atoms with E-state index in [1.165, 1.54) is 0 Å². The van der Waals surface area contributed by atoms with E-state index in [1.54, 1.807) is 0 Å². The van der Waals surface area contributed by atoms with Crippen LogP contribution in [0.3, 0.4) is 0 Å². The Balaban J connectivity index is 0. The van der Waals surface area contributed by atoms with Crippen LogP contribution in [0.4, 0.5) is 4.79 Å². The van der Waals surface area contributed by atoms with Gasteiger partial charge in [0.25, 0.3) is 0 Å². The summed E-state index contributed by atoms with van der Waals surface area (Å²) in [5.74, 6) is 0. The smallest absolute Gasteiger partial charge is 0.505 e. The van der Waals surface area contributed by atoms with Crippen LogP contribution in [0.5, 0.6) is 0 Å². The lowest BCUT2D eigenvalue weighted by atomic mass is 10.5. The molecule has 0 aliphatic heterocycles. The fraction of sp³-hybridized carbons (Fsp3) is 0.833. The molecule has 5 heteroatoms. The van der Waals surface area contributed by atoms with Crippen LogP contribution < -0.4 is 24.0 Å². The summed E-state index contributed by atoms with van der Waals surface area (Å²) in [6.07, 6.45) is -1.20. The molecular formula is C6H14INO3. The third-order valence-electron chi connectivity index (χ3n) is 0.988. The van der Waals surface area contributed by atoms with E-state index in [2.05, 4.69) is 4.74 Å². The van der Waals surface area contributed by atoms with Gasteiger partial charge in [-0.1, -0.05) is 0 Å². The lowest BCUT2D eigenvalue weighted by molar-refractivity contribution is -0.870. The second kappa shape index (κ2) is 5.59. The standard InChI is InChI=1S/C6H13NO3.HI/c1-7(2,3)4-5-10-6(8)9;/h4-5H2,1-3H3;1H. The summed E-state index contributed by atoms with van der Waals surface area (Å²) in [5.41, 5.74) is 0. The molecule has 0 spiro atoms. The Morgan fingerprint density at radius 1 is 1.45 bits per heavy atom. The largest absolute Gasteiger partial charge is 1.00 e. The average Bonchev–Trinajstić information content (AvgIpc) is 1.59. The van der Waals surface area contributed by atoms with Crippen LogP contribution in [-0.2, 0) is 4.74 Å². The van der Waals surface area contributed by atoms with Gasteiger partial charge in [-0.3, -0.25) is 0 Å². The van der Waals surface area contributed by atoms with Crippen LogP contribution in [0.2, 0.25) is 0 Å². The minimum Gasteiger partial charge on any atom is -1.00 e. The third-order valence-corrected chi connectivity index (χ3v) is 0.988. The highest BCUT2D eigenvalue weighted by molar-refractivity contribution is 5.56. The fourth-order valence-electron chi connectivity index (χ4n) is 0.407. The first-order valence-electron chi connectivity index (χ1n) is 3.08. The molecule has 68 valence electrons. The van der Waals surface area contributed by atoms with Crippen LogP contribution in [0.15, 0.2) is 0 Å². The van der Waals surface area contributed by atoms with Crippen molar-refractivity contribution in [2.24, 2.45) is 0 Å². The fourth-order valence-corrected chi connectivity index (χ4v) is 0.407. The van der Waals surface area contributed by atoms with E-state index in [0.717, 1.165) is 0 Å². The summed E-state index contributed by atoms with van der Waals surface area (Å²) in [4.78, 5) is 9.86. The molecule has 0 heterocycles. The van der Waals surface area contributed by atoms with E-state index >= 15 is 0 Å². The quantitative estimate of drug-likeness (QED) is 0.349. The molecular weight excluding hydrogens is 261 g/mol. The first-order chi connectivity index (χ1) is 4.42. The molecule has 0 saturated heterocycles. The Bertz CT molecular complexity index is 121. The van der Waals surface area contributed by atoms with Crippen molar-refractivity contribution in [1.82, 2.24) is 0 Å². The number of hydrogen-bond acceptors (Lipinski definition) is 2. The molecule has 0 fully saturated rings. The zero-order valence-electron chi connectivity index (χ0n) is 7.00. The Morgan fingerprint density at radius 3 is 2.18 bits per heavy atom.